The van der Waals surface area contributed by atoms with E-state index < -0.39 is 0 Å². The second-order valence-corrected chi connectivity index (χ2v) is 4.81. The summed E-state index contributed by atoms with van der Waals surface area (Å²) in [6.07, 6.45) is 4.58. The smallest absolute Gasteiger partial charge is 0.312 e. The summed E-state index contributed by atoms with van der Waals surface area (Å²) in [4.78, 5) is 14.5. The summed E-state index contributed by atoms with van der Waals surface area (Å²) < 4.78 is 5.10. The average Bonchev–Trinajstić information content (AvgIpc) is 2.29. The van der Waals surface area contributed by atoms with Crippen molar-refractivity contribution in [2.75, 3.05) is 6.61 Å². The Kier molecular flexibility index (Phi) is 4.81. The van der Waals surface area contributed by atoms with E-state index in [2.05, 4.69) is 10.9 Å². The Morgan fingerprint density at radius 1 is 1.75 bits per heavy atom. The topological polar surface area (TPSA) is 38.3 Å². The molecule has 0 aromatic carbocycles. The highest BCUT2D eigenvalue weighted by molar-refractivity contribution is 6.13. The molecule has 0 aromatic heterocycles. The molecule has 1 rings (SSSR count). The van der Waals surface area contributed by atoms with Crippen molar-refractivity contribution in [2.24, 2.45) is 5.41 Å². The first kappa shape index (κ1) is 13.5. The minimum absolute atomic E-state index is 0.0863. The van der Waals surface area contributed by atoms with E-state index in [1.807, 2.05) is 20.8 Å². The molecule has 0 bridgehead atoms. The molecule has 0 spiro atoms. The molecule has 1 aliphatic carbocycles. The van der Waals surface area contributed by atoms with Crippen LogP contribution < -0.4 is 4.84 Å². The summed E-state index contributed by atoms with van der Waals surface area (Å²) >= 11 is 5.59. The van der Waals surface area contributed by atoms with Crippen LogP contribution in [0.1, 0.15) is 40.0 Å². The van der Waals surface area contributed by atoms with Crippen molar-refractivity contribution in [3.63, 3.8) is 0 Å². The van der Waals surface area contributed by atoms with Crippen molar-refractivity contribution in [3.05, 3.63) is 11.6 Å². The van der Waals surface area contributed by atoms with Crippen molar-refractivity contribution < 1.29 is 9.53 Å². The lowest BCUT2D eigenvalue weighted by Gasteiger charge is -2.31. The van der Waals surface area contributed by atoms with E-state index in [9.17, 15) is 4.79 Å². The van der Waals surface area contributed by atoms with Crippen molar-refractivity contribution in [1.29, 1.82) is 0 Å². The number of nitrogens with one attached hydrogen (secondary N) is 1. The van der Waals surface area contributed by atoms with Gasteiger partial charge in [0.2, 0.25) is 0 Å². The van der Waals surface area contributed by atoms with Gasteiger partial charge in [-0.3, -0.25) is 4.79 Å². The number of ether oxygens (including phenoxy) is 1. The number of rotatable bonds is 4. The normalized spacial score (nSPS) is 27.1. The van der Waals surface area contributed by atoms with Gasteiger partial charge in [-0.2, -0.15) is 0 Å². The molecule has 2 unspecified atom stereocenters. The standard InChI is InChI=1S/C12H20ClNO2/c1-4-16-11(15)12(3)7-5-10(6-8-12)9(2)14-13/h5,9,14H,4,6-8H2,1-3H3. The number of carbonyl (C=O) groups is 1. The highest BCUT2D eigenvalue weighted by Gasteiger charge is 2.36. The Bertz CT molecular complexity index is 291. The van der Waals surface area contributed by atoms with Gasteiger partial charge in [-0.15, -0.1) is 0 Å². The molecule has 2 atom stereocenters. The van der Waals surface area contributed by atoms with Gasteiger partial charge in [0.05, 0.1) is 12.0 Å². The van der Waals surface area contributed by atoms with Crippen LogP contribution in [0.3, 0.4) is 0 Å². The number of hydrogen-bond donors (Lipinski definition) is 1. The molecular weight excluding hydrogens is 226 g/mol. The summed E-state index contributed by atoms with van der Waals surface area (Å²) in [6, 6.07) is 0.174. The monoisotopic (exact) mass is 245 g/mol. The second-order valence-electron chi connectivity index (χ2n) is 4.60. The Morgan fingerprint density at radius 3 is 2.88 bits per heavy atom. The van der Waals surface area contributed by atoms with Crippen molar-refractivity contribution >= 4 is 17.7 Å². The summed E-state index contributed by atoms with van der Waals surface area (Å²) in [7, 11) is 0. The van der Waals surface area contributed by atoms with Gasteiger partial charge >= 0.3 is 5.97 Å². The SMILES string of the molecule is CCOC(=O)C1(C)CC=C(C(C)NCl)CC1. The molecule has 1 N–H and O–H groups in total. The molecule has 0 saturated carbocycles. The van der Waals surface area contributed by atoms with Gasteiger partial charge in [0.1, 0.15) is 0 Å². The maximum Gasteiger partial charge on any atom is 0.312 e. The van der Waals surface area contributed by atoms with Gasteiger partial charge in [-0.1, -0.05) is 11.6 Å². The molecule has 0 radical (unpaired) electrons. The molecule has 1 aliphatic rings. The molecule has 0 amide bonds. The molecular formula is C12H20ClNO2. The van der Waals surface area contributed by atoms with Crippen LogP contribution in [0.25, 0.3) is 0 Å². The lowest BCUT2D eigenvalue weighted by Crippen LogP contribution is -2.33. The van der Waals surface area contributed by atoms with Gasteiger partial charge in [0, 0.05) is 6.04 Å². The Morgan fingerprint density at radius 2 is 2.44 bits per heavy atom. The molecule has 0 fully saturated rings. The van der Waals surface area contributed by atoms with Gasteiger partial charge in [0.15, 0.2) is 0 Å². The zero-order chi connectivity index (χ0) is 12.2. The number of esters is 1. The van der Waals surface area contributed by atoms with E-state index in [-0.39, 0.29) is 17.4 Å². The van der Waals surface area contributed by atoms with Crippen LogP contribution in [0.4, 0.5) is 0 Å². The molecule has 3 nitrogen and oxygen atoms in total. The molecule has 0 heterocycles. The molecule has 0 aromatic rings. The van der Waals surface area contributed by atoms with Crippen LogP contribution >= 0.6 is 11.8 Å². The zero-order valence-corrected chi connectivity index (χ0v) is 10.9. The Balaban J connectivity index is 2.64. The van der Waals surface area contributed by atoms with E-state index in [0.29, 0.717) is 6.61 Å². The predicted molar refractivity (Wildman–Crippen MR) is 65.1 cm³/mol. The fraction of sp³-hybridized carbons (Fsp3) is 0.750. The van der Waals surface area contributed by atoms with Gasteiger partial charge in [-0.05, 0) is 51.8 Å². The summed E-state index contributed by atoms with van der Waals surface area (Å²) in [6.45, 7) is 6.28. The van der Waals surface area contributed by atoms with Gasteiger partial charge in [-0.25, -0.2) is 4.84 Å². The first-order chi connectivity index (χ1) is 7.53. The first-order valence-electron chi connectivity index (χ1n) is 5.76. The molecule has 16 heavy (non-hydrogen) atoms. The van der Waals surface area contributed by atoms with E-state index in [1.165, 1.54) is 5.57 Å². The van der Waals surface area contributed by atoms with Crippen LogP contribution in [-0.2, 0) is 9.53 Å². The number of halogens is 1. The number of hydrogen-bond acceptors (Lipinski definition) is 3. The molecule has 0 aliphatic heterocycles. The molecule has 0 saturated heterocycles. The maximum absolute atomic E-state index is 11.8. The largest absolute Gasteiger partial charge is 0.466 e. The number of carbonyl (C=O) groups excluding carboxylic acids is 1. The van der Waals surface area contributed by atoms with Crippen molar-refractivity contribution in [3.8, 4) is 0 Å². The molecule has 4 heteroatoms. The highest BCUT2D eigenvalue weighted by atomic mass is 35.5. The highest BCUT2D eigenvalue weighted by Crippen LogP contribution is 2.37. The lowest BCUT2D eigenvalue weighted by atomic mass is 9.75. The third kappa shape index (κ3) is 2.98. The predicted octanol–water partition coefficient (Wildman–Crippen LogP) is 2.80. The number of allylic oxidation sites excluding steroid dienone is 1. The Labute approximate surface area is 102 Å². The van der Waals surface area contributed by atoms with Crippen LogP contribution in [-0.4, -0.2) is 18.6 Å². The third-order valence-corrected chi connectivity index (χ3v) is 3.60. The van der Waals surface area contributed by atoms with Crippen molar-refractivity contribution in [1.82, 2.24) is 4.84 Å². The minimum Gasteiger partial charge on any atom is -0.466 e. The zero-order valence-electron chi connectivity index (χ0n) is 10.2. The van der Waals surface area contributed by atoms with Gasteiger partial charge < -0.3 is 4.74 Å². The van der Waals surface area contributed by atoms with Crippen LogP contribution in [0, 0.1) is 5.41 Å². The fourth-order valence-electron chi connectivity index (χ4n) is 1.93. The lowest BCUT2D eigenvalue weighted by molar-refractivity contribution is -0.154. The quantitative estimate of drug-likeness (QED) is 0.470. The van der Waals surface area contributed by atoms with E-state index in [0.717, 1.165) is 19.3 Å². The van der Waals surface area contributed by atoms with Crippen LogP contribution in [0.15, 0.2) is 11.6 Å². The van der Waals surface area contributed by atoms with E-state index in [4.69, 9.17) is 16.5 Å². The van der Waals surface area contributed by atoms with E-state index in [1.54, 1.807) is 0 Å². The minimum atomic E-state index is -0.356. The second kappa shape index (κ2) is 5.69. The van der Waals surface area contributed by atoms with Crippen molar-refractivity contribution in [2.45, 2.75) is 46.1 Å². The fourth-order valence-corrected chi connectivity index (χ4v) is 2.07. The average molecular weight is 246 g/mol. The third-order valence-electron chi connectivity index (χ3n) is 3.27. The molecule has 92 valence electrons. The summed E-state index contributed by atoms with van der Waals surface area (Å²) in [5.41, 5.74) is 0.919. The van der Waals surface area contributed by atoms with Gasteiger partial charge in [0.25, 0.3) is 0 Å². The van der Waals surface area contributed by atoms with E-state index >= 15 is 0 Å². The summed E-state index contributed by atoms with van der Waals surface area (Å²) in [5, 5.41) is 0. The summed E-state index contributed by atoms with van der Waals surface area (Å²) in [5.74, 6) is -0.0863. The first-order valence-corrected chi connectivity index (χ1v) is 6.13. The maximum atomic E-state index is 11.8. The van der Waals surface area contributed by atoms with Crippen LogP contribution in [0.5, 0.6) is 0 Å². The Hall–Kier alpha value is -0.540. The van der Waals surface area contributed by atoms with Crippen LogP contribution in [0.2, 0.25) is 0 Å².